The number of hydrogen-bond acceptors (Lipinski definition) is 5. The average Bonchev–Trinajstić information content (AvgIpc) is 3.28. The van der Waals surface area contributed by atoms with Crippen LogP contribution in [0.3, 0.4) is 0 Å². The van der Waals surface area contributed by atoms with Gasteiger partial charge in [-0.3, -0.25) is 19.0 Å². The first kappa shape index (κ1) is 31.9. The summed E-state index contributed by atoms with van der Waals surface area (Å²) in [6.07, 6.45) is 9.81. The van der Waals surface area contributed by atoms with Crippen LogP contribution >= 0.6 is 34.5 Å². The van der Waals surface area contributed by atoms with Crippen LogP contribution in [0.15, 0.2) is 65.5 Å². The molecule has 4 saturated carbocycles. The molecule has 0 aliphatic heterocycles. The van der Waals surface area contributed by atoms with Gasteiger partial charge >= 0.3 is 0 Å². The van der Waals surface area contributed by atoms with Crippen molar-refractivity contribution in [3.63, 3.8) is 0 Å². The number of carbonyl (C=O) groups is 2. The van der Waals surface area contributed by atoms with E-state index in [1.165, 1.54) is 48.1 Å². The molecule has 0 unspecified atom stereocenters. The van der Waals surface area contributed by atoms with Gasteiger partial charge in [0, 0.05) is 39.9 Å². The Kier molecular flexibility index (Phi) is 8.62. The maximum Gasteiger partial charge on any atom is 0.269 e. The van der Waals surface area contributed by atoms with E-state index in [-0.39, 0.29) is 34.5 Å². The van der Waals surface area contributed by atoms with Crippen molar-refractivity contribution in [1.29, 1.82) is 0 Å². The normalized spacial score (nSPS) is 23.7. The smallest absolute Gasteiger partial charge is 0.269 e. The van der Waals surface area contributed by atoms with Crippen molar-refractivity contribution in [2.24, 2.45) is 17.8 Å². The Hall–Kier alpha value is -3.72. The number of thiazole rings is 1. The van der Waals surface area contributed by atoms with E-state index in [0.717, 1.165) is 36.2 Å². The third kappa shape index (κ3) is 6.69. The van der Waals surface area contributed by atoms with Crippen LogP contribution in [0.5, 0.6) is 11.5 Å². The summed E-state index contributed by atoms with van der Waals surface area (Å²) in [4.78, 5) is 41.1. The molecule has 1 N–H and O–H groups in total. The summed E-state index contributed by atoms with van der Waals surface area (Å²) in [7, 11) is 0. The Balaban J connectivity index is 1.26. The third-order valence-electron chi connectivity index (χ3n) is 9.73. The van der Waals surface area contributed by atoms with Gasteiger partial charge in [-0.1, -0.05) is 47.5 Å². The summed E-state index contributed by atoms with van der Waals surface area (Å²) in [6, 6.07) is 16.2. The molecular formula is C37H33Cl2FN2O4S. The van der Waals surface area contributed by atoms with Gasteiger partial charge in [-0.2, -0.15) is 0 Å². The molecule has 4 bridgehead atoms. The first-order chi connectivity index (χ1) is 22.5. The van der Waals surface area contributed by atoms with Crippen LogP contribution in [0, 0.1) is 30.5 Å². The van der Waals surface area contributed by atoms with Gasteiger partial charge < -0.3 is 10.1 Å². The predicted molar refractivity (Wildman–Crippen MR) is 183 cm³/mol. The maximum absolute atomic E-state index is 14.0. The molecule has 10 heteroatoms. The fourth-order valence-corrected chi connectivity index (χ4v) is 9.46. The van der Waals surface area contributed by atoms with Gasteiger partial charge in [0.15, 0.2) is 5.78 Å². The highest BCUT2D eigenvalue weighted by Crippen LogP contribution is 2.55. The van der Waals surface area contributed by atoms with E-state index in [1.807, 2.05) is 19.1 Å². The molecule has 3 aromatic carbocycles. The van der Waals surface area contributed by atoms with Crippen LogP contribution in [-0.2, 0) is 11.3 Å². The molecule has 0 spiro atoms. The lowest BCUT2D eigenvalue weighted by Crippen LogP contribution is -2.60. The van der Waals surface area contributed by atoms with E-state index in [2.05, 4.69) is 5.32 Å². The van der Waals surface area contributed by atoms with Crippen molar-refractivity contribution in [3.05, 3.63) is 113 Å². The van der Waals surface area contributed by atoms with Crippen molar-refractivity contribution >= 4 is 58.4 Å². The number of ether oxygens (including phenoxy) is 1. The molecule has 8 rings (SSSR count). The third-order valence-corrected chi connectivity index (χ3v) is 11.3. The van der Waals surface area contributed by atoms with E-state index in [0.29, 0.717) is 48.8 Å². The highest BCUT2D eigenvalue weighted by Gasteiger charge is 2.51. The van der Waals surface area contributed by atoms with Crippen molar-refractivity contribution in [2.75, 3.05) is 0 Å². The molecule has 6 nitrogen and oxygen atoms in total. The Morgan fingerprint density at radius 2 is 1.72 bits per heavy atom. The van der Waals surface area contributed by atoms with Crippen molar-refractivity contribution < 1.29 is 18.7 Å². The van der Waals surface area contributed by atoms with Crippen LogP contribution in [-0.4, -0.2) is 21.8 Å². The van der Waals surface area contributed by atoms with E-state index in [4.69, 9.17) is 27.9 Å². The number of rotatable bonds is 8. The average molecular weight is 692 g/mol. The van der Waals surface area contributed by atoms with Gasteiger partial charge in [0.05, 0.1) is 9.55 Å². The SMILES string of the molecule is Cc1ccccc1C(=O)/C=c1\s/c(=C\c2ccc(Cl)cc2Oc2ccc(F)c(Cl)c2)c(=O)n1CC(=O)NC12CC3CC(CC(C3)C1)C2. The maximum atomic E-state index is 14.0. The van der Waals surface area contributed by atoms with E-state index < -0.39 is 11.4 Å². The minimum Gasteiger partial charge on any atom is -0.457 e. The molecule has 1 heterocycles. The summed E-state index contributed by atoms with van der Waals surface area (Å²) in [6.45, 7) is 1.66. The van der Waals surface area contributed by atoms with Gasteiger partial charge in [-0.15, -0.1) is 11.3 Å². The number of aromatic nitrogens is 1. The molecule has 47 heavy (non-hydrogen) atoms. The molecule has 4 aliphatic rings. The zero-order chi connectivity index (χ0) is 32.9. The molecule has 4 aromatic rings. The van der Waals surface area contributed by atoms with Crippen LogP contribution in [0.4, 0.5) is 4.39 Å². The van der Waals surface area contributed by atoms with Gasteiger partial charge in [0.1, 0.15) is 28.5 Å². The van der Waals surface area contributed by atoms with Crippen LogP contribution in [0.25, 0.3) is 12.2 Å². The first-order valence-electron chi connectivity index (χ1n) is 15.8. The van der Waals surface area contributed by atoms with Crippen molar-refractivity contribution in [2.45, 2.75) is 57.5 Å². The zero-order valence-electron chi connectivity index (χ0n) is 25.7. The molecule has 4 fully saturated rings. The fourth-order valence-electron chi connectivity index (χ4n) is 8.10. The summed E-state index contributed by atoms with van der Waals surface area (Å²) in [5.41, 5.74) is 1.25. The molecule has 1 amide bonds. The molecule has 0 atom stereocenters. The number of ketones is 1. The second kappa shape index (κ2) is 12.7. The summed E-state index contributed by atoms with van der Waals surface area (Å²) >= 11 is 13.4. The fraction of sp³-hybridized carbons (Fsp3) is 0.324. The van der Waals surface area contributed by atoms with Gasteiger partial charge in [0.25, 0.3) is 5.56 Å². The number of carbonyl (C=O) groups excluding carboxylic acids is 2. The molecule has 0 radical (unpaired) electrons. The number of hydrogen-bond donors (Lipinski definition) is 1. The molecular weight excluding hydrogens is 658 g/mol. The number of benzene rings is 3. The van der Waals surface area contributed by atoms with Gasteiger partial charge in [-0.05, 0) is 99.1 Å². The number of aryl methyl sites for hydroxylation is 1. The van der Waals surface area contributed by atoms with Crippen molar-refractivity contribution in [1.82, 2.24) is 9.88 Å². The molecule has 1 aromatic heterocycles. The van der Waals surface area contributed by atoms with Crippen LogP contribution < -0.4 is 24.8 Å². The van der Waals surface area contributed by atoms with Crippen LogP contribution in [0.2, 0.25) is 10.0 Å². The Labute approximate surface area is 285 Å². The molecule has 4 aliphatic carbocycles. The zero-order valence-corrected chi connectivity index (χ0v) is 28.1. The molecule has 242 valence electrons. The molecule has 0 saturated heterocycles. The lowest BCUT2D eigenvalue weighted by molar-refractivity contribution is -0.127. The Morgan fingerprint density at radius 1 is 1.02 bits per heavy atom. The standard InChI is InChI=1S/C37H33Cl2FN2O4S/c1-21-4-2-3-5-28(21)31(43)16-35-42(20-34(44)41-37-17-22-10-23(18-37)12-24(11-22)19-37)36(45)33(47-35)13-25-6-7-26(38)14-32(25)46-27-8-9-30(40)29(39)15-27/h2-9,13-16,22-24H,10-12,17-20H2,1H3,(H,41,44)/b33-13-,35-16-. The van der Waals surface area contributed by atoms with E-state index >= 15 is 0 Å². The minimum atomic E-state index is -0.577. The van der Waals surface area contributed by atoms with Crippen LogP contribution in [0.1, 0.15) is 60.0 Å². The van der Waals surface area contributed by atoms with E-state index in [1.54, 1.807) is 36.4 Å². The Bertz CT molecular complexity index is 2050. The summed E-state index contributed by atoms with van der Waals surface area (Å²) in [5, 5.41) is 3.66. The van der Waals surface area contributed by atoms with E-state index in [9.17, 15) is 18.8 Å². The largest absolute Gasteiger partial charge is 0.457 e. The second-order valence-electron chi connectivity index (χ2n) is 13.3. The lowest BCUT2D eigenvalue weighted by Gasteiger charge is -2.56. The number of nitrogens with zero attached hydrogens (tertiary/aromatic N) is 1. The minimum absolute atomic E-state index is 0.0958. The first-order valence-corrected chi connectivity index (χ1v) is 17.4. The quantitative estimate of drug-likeness (QED) is 0.201. The predicted octanol–water partition coefficient (Wildman–Crippen LogP) is 7.03. The summed E-state index contributed by atoms with van der Waals surface area (Å²) < 4.78 is 21.8. The van der Waals surface area contributed by atoms with Crippen molar-refractivity contribution in [3.8, 4) is 11.5 Å². The number of halogens is 3. The lowest BCUT2D eigenvalue weighted by atomic mass is 9.53. The highest BCUT2D eigenvalue weighted by atomic mass is 35.5. The van der Waals surface area contributed by atoms with Gasteiger partial charge in [-0.25, -0.2) is 4.39 Å². The topological polar surface area (TPSA) is 77.4 Å². The Morgan fingerprint density at radius 3 is 2.40 bits per heavy atom. The number of Topliss-reactive ketones (excluding diaryl/α,β-unsaturated/α-hetero) is 1. The van der Waals surface area contributed by atoms with Gasteiger partial charge in [0.2, 0.25) is 5.91 Å². The second-order valence-corrected chi connectivity index (χ2v) is 15.2. The monoisotopic (exact) mass is 690 g/mol. The number of nitrogens with one attached hydrogen (secondary N) is 1. The summed E-state index contributed by atoms with van der Waals surface area (Å²) in [5.74, 6) is 1.52. The highest BCUT2D eigenvalue weighted by molar-refractivity contribution is 7.07. The number of amides is 1.